The first-order valence-electron chi connectivity index (χ1n) is 8.46. The third kappa shape index (κ3) is 4.21. The molecule has 0 saturated carbocycles. The van der Waals surface area contributed by atoms with Gasteiger partial charge in [0.1, 0.15) is 10.8 Å². The van der Waals surface area contributed by atoms with E-state index in [1.807, 2.05) is 42.5 Å². The zero-order valence-corrected chi connectivity index (χ0v) is 19.5. The van der Waals surface area contributed by atoms with Crippen LogP contribution in [-0.4, -0.2) is 18.0 Å². The number of hydrogen-bond donors (Lipinski definition) is 1. The van der Waals surface area contributed by atoms with Crippen LogP contribution in [0.4, 0.5) is 5.69 Å². The maximum absolute atomic E-state index is 13.0. The third-order valence-electron chi connectivity index (χ3n) is 4.21. The molecule has 0 spiro atoms. The number of amides is 1. The average Bonchev–Trinajstić information content (AvgIpc) is 3.12. The molecule has 146 valence electrons. The van der Waals surface area contributed by atoms with E-state index in [4.69, 9.17) is 32.9 Å². The van der Waals surface area contributed by atoms with Crippen LogP contribution in [0.3, 0.4) is 0 Å². The van der Waals surface area contributed by atoms with Crippen molar-refractivity contribution in [3.8, 4) is 16.3 Å². The Bertz CT molecular complexity index is 1210. The van der Waals surface area contributed by atoms with Gasteiger partial charge in [-0.1, -0.05) is 35.3 Å². The van der Waals surface area contributed by atoms with Gasteiger partial charge >= 0.3 is 0 Å². The fraction of sp³-hybridized carbons (Fsp3) is 0.0476. The van der Waals surface area contributed by atoms with Crippen LogP contribution in [0.15, 0.2) is 54.6 Å². The Balaban J connectivity index is 1.76. The van der Waals surface area contributed by atoms with E-state index in [-0.39, 0.29) is 22.2 Å². The maximum atomic E-state index is 13.0. The van der Waals surface area contributed by atoms with Gasteiger partial charge in [-0.25, -0.2) is 4.98 Å². The van der Waals surface area contributed by atoms with Crippen LogP contribution >= 0.6 is 57.1 Å². The highest BCUT2D eigenvalue weighted by atomic mass is 127. The minimum atomic E-state index is -0.366. The van der Waals surface area contributed by atoms with E-state index in [2.05, 4.69) is 27.9 Å². The Morgan fingerprint density at radius 3 is 2.69 bits per heavy atom. The molecule has 0 saturated heterocycles. The average molecular weight is 555 g/mol. The van der Waals surface area contributed by atoms with Crippen molar-refractivity contribution in [1.82, 2.24) is 4.98 Å². The van der Waals surface area contributed by atoms with Crippen molar-refractivity contribution in [2.24, 2.45) is 0 Å². The van der Waals surface area contributed by atoms with Crippen LogP contribution in [0.2, 0.25) is 10.0 Å². The molecule has 4 aromatic rings. The Kier molecular flexibility index (Phi) is 5.96. The van der Waals surface area contributed by atoms with Gasteiger partial charge in [-0.15, -0.1) is 11.3 Å². The van der Waals surface area contributed by atoms with Gasteiger partial charge in [0.05, 0.1) is 33.6 Å². The molecular weight excluding hydrogens is 542 g/mol. The second-order valence-electron chi connectivity index (χ2n) is 6.10. The quantitative estimate of drug-likeness (QED) is 0.273. The molecule has 3 aromatic carbocycles. The standard InChI is InChI=1S/C21H13Cl2IN2O2S/c1-28-19-14(8-11(22)9-15(19)23)20(27)25-16-7-6-12(24)10-13(16)21-26-17-4-2-3-5-18(17)29-21/h2-10H,1H3,(H,25,27). The molecule has 1 N–H and O–H groups in total. The van der Waals surface area contributed by atoms with E-state index in [0.717, 1.165) is 24.4 Å². The Hall–Kier alpha value is -1.87. The molecule has 0 atom stereocenters. The highest BCUT2D eigenvalue weighted by molar-refractivity contribution is 14.1. The summed E-state index contributed by atoms with van der Waals surface area (Å²) in [5.74, 6) is -0.0876. The van der Waals surface area contributed by atoms with Crippen LogP contribution in [0.5, 0.6) is 5.75 Å². The van der Waals surface area contributed by atoms with Gasteiger partial charge in [-0.05, 0) is 65.1 Å². The van der Waals surface area contributed by atoms with E-state index in [1.165, 1.54) is 19.2 Å². The van der Waals surface area contributed by atoms with Gasteiger partial charge in [0.15, 0.2) is 0 Å². The van der Waals surface area contributed by atoms with E-state index < -0.39 is 0 Å². The van der Waals surface area contributed by atoms with Crippen molar-refractivity contribution in [2.45, 2.75) is 0 Å². The number of anilines is 1. The van der Waals surface area contributed by atoms with E-state index in [9.17, 15) is 4.79 Å². The van der Waals surface area contributed by atoms with Gasteiger partial charge in [-0.2, -0.15) is 0 Å². The van der Waals surface area contributed by atoms with E-state index >= 15 is 0 Å². The molecule has 0 fully saturated rings. The lowest BCUT2D eigenvalue weighted by Crippen LogP contribution is -2.14. The molecule has 0 bridgehead atoms. The number of nitrogens with zero attached hydrogens (tertiary/aromatic N) is 1. The number of carbonyl (C=O) groups excluding carboxylic acids is 1. The van der Waals surface area contributed by atoms with Gasteiger partial charge in [0.2, 0.25) is 0 Å². The predicted octanol–water partition coefficient (Wildman–Crippen LogP) is 7.14. The minimum absolute atomic E-state index is 0.263. The molecule has 0 radical (unpaired) electrons. The Morgan fingerprint density at radius 2 is 1.93 bits per heavy atom. The van der Waals surface area contributed by atoms with Crippen molar-refractivity contribution in [2.75, 3.05) is 12.4 Å². The summed E-state index contributed by atoms with van der Waals surface area (Å²) < 4.78 is 7.43. The highest BCUT2D eigenvalue weighted by Gasteiger charge is 2.19. The van der Waals surface area contributed by atoms with Gasteiger partial charge < -0.3 is 10.1 Å². The fourth-order valence-corrected chi connectivity index (χ4v) is 4.97. The summed E-state index contributed by atoms with van der Waals surface area (Å²) in [5, 5.41) is 4.42. The molecule has 1 amide bonds. The molecule has 0 unspecified atom stereocenters. The normalized spacial score (nSPS) is 10.9. The molecule has 0 aliphatic carbocycles. The molecule has 4 rings (SSSR count). The number of hydrogen-bond acceptors (Lipinski definition) is 4. The first kappa shape index (κ1) is 20.4. The van der Waals surface area contributed by atoms with E-state index in [0.29, 0.717) is 10.7 Å². The van der Waals surface area contributed by atoms with Gasteiger partial charge in [0, 0.05) is 14.2 Å². The number of ether oxygens (including phenoxy) is 1. The van der Waals surface area contributed by atoms with Crippen LogP contribution in [0, 0.1) is 3.57 Å². The number of carbonyl (C=O) groups is 1. The first-order valence-corrected chi connectivity index (χ1v) is 11.1. The van der Waals surface area contributed by atoms with Crippen LogP contribution in [-0.2, 0) is 0 Å². The second-order valence-corrected chi connectivity index (χ2v) is 9.22. The zero-order valence-electron chi connectivity index (χ0n) is 15.0. The monoisotopic (exact) mass is 554 g/mol. The lowest BCUT2D eigenvalue weighted by Gasteiger charge is -2.13. The molecule has 1 aromatic heterocycles. The number of benzene rings is 3. The van der Waals surface area contributed by atoms with Gasteiger partial charge in [-0.3, -0.25) is 4.79 Å². The molecule has 1 heterocycles. The lowest BCUT2D eigenvalue weighted by molar-refractivity contribution is 0.102. The number of fused-ring (bicyclic) bond motifs is 1. The molecule has 8 heteroatoms. The van der Waals surface area contributed by atoms with Crippen LogP contribution in [0.1, 0.15) is 10.4 Å². The molecule has 4 nitrogen and oxygen atoms in total. The highest BCUT2D eigenvalue weighted by Crippen LogP contribution is 2.37. The molecule has 29 heavy (non-hydrogen) atoms. The zero-order chi connectivity index (χ0) is 20.5. The summed E-state index contributed by atoms with van der Waals surface area (Å²) in [6, 6.07) is 16.8. The van der Waals surface area contributed by atoms with E-state index in [1.54, 1.807) is 11.3 Å². The minimum Gasteiger partial charge on any atom is -0.494 e. The SMILES string of the molecule is COc1c(Cl)cc(Cl)cc1C(=O)Nc1ccc(I)cc1-c1nc2ccccc2s1. The number of thiazole rings is 1. The summed E-state index contributed by atoms with van der Waals surface area (Å²) in [6.07, 6.45) is 0. The van der Waals surface area contributed by atoms with Crippen molar-refractivity contribution >= 4 is 78.9 Å². The Labute approximate surface area is 195 Å². The number of methoxy groups -OCH3 is 1. The smallest absolute Gasteiger partial charge is 0.259 e. The number of nitrogens with one attached hydrogen (secondary N) is 1. The van der Waals surface area contributed by atoms with Crippen molar-refractivity contribution < 1.29 is 9.53 Å². The third-order valence-corrected chi connectivity index (χ3v) is 6.45. The topological polar surface area (TPSA) is 51.2 Å². The summed E-state index contributed by atoms with van der Waals surface area (Å²) in [5.41, 5.74) is 2.68. The maximum Gasteiger partial charge on any atom is 0.259 e. The van der Waals surface area contributed by atoms with Crippen molar-refractivity contribution in [1.29, 1.82) is 0 Å². The van der Waals surface area contributed by atoms with Crippen molar-refractivity contribution in [3.05, 3.63) is 73.8 Å². The first-order chi connectivity index (χ1) is 14.0. The van der Waals surface area contributed by atoms with Crippen LogP contribution in [0.25, 0.3) is 20.8 Å². The number of rotatable bonds is 4. The lowest BCUT2D eigenvalue weighted by atomic mass is 10.1. The molecule has 0 aliphatic rings. The number of para-hydroxylation sites is 1. The number of aromatic nitrogens is 1. The summed E-state index contributed by atoms with van der Waals surface area (Å²) in [4.78, 5) is 17.7. The summed E-state index contributed by atoms with van der Waals surface area (Å²) >= 11 is 16.1. The molecule has 0 aliphatic heterocycles. The fourth-order valence-electron chi connectivity index (χ4n) is 2.92. The van der Waals surface area contributed by atoms with Gasteiger partial charge in [0.25, 0.3) is 5.91 Å². The Morgan fingerprint density at radius 1 is 1.14 bits per heavy atom. The number of halogens is 3. The summed E-state index contributed by atoms with van der Waals surface area (Å²) in [6.45, 7) is 0. The largest absolute Gasteiger partial charge is 0.494 e. The molecular formula is C21H13Cl2IN2O2S. The summed E-state index contributed by atoms with van der Waals surface area (Å²) in [7, 11) is 1.46. The van der Waals surface area contributed by atoms with Crippen LogP contribution < -0.4 is 10.1 Å². The van der Waals surface area contributed by atoms with Crippen molar-refractivity contribution in [3.63, 3.8) is 0 Å². The second kappa shape index (κ2) is 8.47. The predicted molar refractivity (Wildman–Crippen MR) is 129 cm³/mol.